The van der Waals surface area contributed by atoms with Gasteiger partial charge in [-0.3, -0.25) is 9.78 Å². The molecule has 4 aromatic rings. The van der Waals surface area contributed by atoms with Crippen LogP contribution in [0.3, 0.4) is 0 Å². The molecule has 0 spiro atoms. The molecule has 6 nitrogen and oxygen atoms in total. The Kier molecular flexibility index (Phi) is 6.96. The van der Waals surface area contributed by atoms with Crippen LogP contribution in [-0.2, 0) is 24.3 Å². The fourth-order valence-electron chi connectivity index (χ4n) is 3.01. The van der Waals surface area contributed by atoms with Crippen LogP contribution >= 0.6 is 34.5 Å². The minimum Gasteiger partial charge on any atom is -0.421 e. The first-order chi connectivity index (χ1) is 15.1. The maximum atomic E-state index is 13.1. The SMILES string of the molecule is O=C(CCc1nnc(-c2ccsc2)o1)N(Cc1ccc(Cl)c(Cl)c1)Cc1ccccn1. The van der Waals surface area contributed by atoms with Gasteiger partial charge in [-0.1, -0.05) is 35.3 Å². The number of nitrogens with zero attached hydrogens (tertiary/aromatic N) is 4. The van der Waals surface area contributed by atoms with E-state index >= 15 is 0 Å². The van der Waals surface area contributed by atoms with Gasteiger partial charge in [0.15, 0.2) is 0 Å². The Labute approximate surface area is 193 Å². The van der Waals surface area contributed by atoms with Gasteiger partial charge >= 0.3 is 0 Å². The van der Waals surface area contributed by atoms with E-state index in [1.54, 1.807) is 34.6 Å². The number of amides is 1. The van der Waals surface area contributed by atoms with E-state index in [0.29, 0.717) is 41.3 Å². The first kappa shape index (κ1) is 21.5. The van der Waals surface area contributed by atoms with Gasteiger partial charge in [-0.05, 0) is 41.3 Å². The van der Waals surface area contributed by atoms with Gasteiger partial charge in [0, 0.05) is 36.5 Å². The summed E-state index contributed by atoms with van der Waals surface area (Å²) in [6.07, 6.45) is 2.30. The van der Waals surface area contributed by atoms with Crippen molar-refractivity contribution in [3.05, 3.63) is 86.6 Å². The topological polar surface area (TPSA) is 72.1 Å². The zero-order valence-electron chi connectivity index (χ0n) is 16.4. The Morgan fingerprint density at radius 2 is 1.97 bits per heavy atom. The highest BCUT2D eigenvalue weighted by atomic mass is 35.5. The zero-order valence-corrected chi connectivity index (χ0v) is 18.7. The van der Waals surface area contributed by atoms with Crippen LogP contribution in [0.4, 0.5) is 0 Å². The molecule has 0 aliphatic rings. The smallest absolute Gasteiger partial charge is 0.248 e. The number of carbonyl (C=O) groups is 1. The molecule has 0 N–H and O–H groups in total. The quantitative estimate of drug-likeness (QED) is 0.330. The minimum absolute atomic E-state index is 0.0491. The normalized spacial score (nSPS) is 10.9. The summed E-state index contributed by atoms with van der Waals surface area (Å²) in [4.78, 5) is 19.1. The minimum atomic E-state index is -0.0491. The lowest BCUT2D eigenvalue weighted by atomic mass is 10.2. The molecule has 1 aromatic carbocycles. The molecule has 0 saturated carbocycles. The molecule has 0 aliphatic carbocycles. The van der Waals surface area contributed by atoms with Crippen LogP contribution in [0.15, 0.2) is 63.8 Å². The lowest BCUT2D eigenvalue weighted by molar-refractivity contribution is -0.132. The maximum absolute atomic E-state index is 13.1. The Morgan fingerprint density at radius 3 is 2.71 bits per heavy atom. The van der Waals surface area contributed by atoms with E-state index in [-0.39, 0.29) is 12.3 Å². The van der Waals surface area contributed by atoms with Crippen LogP contribution in [0, 0.1) is 0 Å². The van der Waals surface area contributed by atoms with Gasteiger partial charge < -0.3 is 9.32 Å². The van der Waals surface area contributed by atoms with Crippen molar-refractivity contribution in [2.24, 2.45) is 0 Å². The van der Waals surface area contributed by atoms with Crippen LogP contribution in [0.2, 0.25) is 10.0 Å². The number of aromatic nitrogens is 3. The number of rotatable bonds is 8. The highest BCUT2D eigenvalue weighted by Gasteiger charge is 2.18. The molecule has 4 rings (SSSR count). The van der Waals surface area contributed by atoms with Gasteiger partial charge in [0.2, 0.25) is 17.7 Å². The van der Waals surface area contributed by atoms with E-state index < -0.39 is 0 Å². The molecule has 0 bridgehead atoms. The largest absolute Gasteiger partial charge is 0.421 e. The van der Waals surface area contributed by atoms with Crippen molar-refractivity contribution in [2.75, 3.05) is 0 Å². The third-order valence-electron chi connectivity index (χ3n) is 4.58. The van der Waals surface area contributed by atoms with Crippen LogP contribution in [0.25, 0.3) is 11.5 Å². The Hall–Kier alpha value is -2.74. The monoisotopic (exact) mass is 472 g/mol. The lowest BCUT2D eigenvalue weighted by Gasteiger charge is -2.22. The van der Waals surface area contributed by atoms with E-state index in [1.807, 2.05) is 41.1 Å². The number of hydrogen-bond donors (Lipinski definition) is 0. The van der Waals surface area contributed by atoms with Gasteiger partial charge in [-0.2, -0.15) is 11.3 Å². The molecule has 9 heteroatoms. The van der Waals surface area contributed by atoms with Crippen molar-refractivity contribution < 1.29 is 9.21 Å². The molecule has 31 heavy (non-hydrogen) atoms. The fraction of sp³-hybridized carbons (Fsp3) is 0.182. The zero-order chi connectivity index (χ0) is 21.6. The maximum Gasteiger partial charge on any atom is 0.248 e. The van der Waals surface area contributed by atoms with E-state index in [4.69, 9.17) is 27.6 Å². The number of carbonyl (C=O) groups excluding carboxylic acids is 1. The predicted octanol–water partition coefficient (Wildman–Crippen LogP) is 5.66. The molecule has 3 heterocycles. The lowest BCUT2D eigenvalue weighted by Crippen LogP contribution is -2.30. The number of aryl methyl sites for hydroxylation is 1. The first-order valence-corrected chi connectivity index (χ1v) is 11.2. The third kappa shape index (κ3) is 5.70. The summed E-state index contributed by atoms with van der Waals surface area (Å²) in [5.74, 6) is 0.846. The Balaban J connectivity index is 1.45. The molecule has 0 fully saturated rings. The summed E-state index contributed by atoms with van der Waals surface area (Å²) in [5, 5.41) is 12.9. The molecular weight excluding hydrogens is 455 g/mol. The second-order valence-electron chi connectivity index (χ2n) is 6.83. The van der Waals surface area contributed by atoms with Crippen molar-refractivity contribution in [1.82, 2.24) is 20.1 Å². The number of thiophene rings is 1. The standard InChI is InChI=1S/C22H18Cl2N4O2S/c23-18-5-4-15(11-19(18)24)12-28(13-17-3-1-2-9-25-17)21(29)7-6-20-26-27-22(30-20)16-8-10-31-14-16/h1-5,8-11,14H,6-7,12-13H2. The van der Waals surface area contributed by atoms with Crippen LogP contribution in [0.1, 0.15) is 23.6 Å². The Bertz CT molecular complexity index is 1150. The molecule has 158 valence electrons. The molecular formula is C22H18Cl2N4O2S. The average molecular weight is 473 g/mol. The van der Waals surface area contributed by atoms with Crippen LogP contribution in [-0.4, -0.2) is 26.0 Å². The highest BCUT2D eigenvalue weighted by molar-refractivity contribution is 7.08. The van der Waals surface area contributed by atoms with Gasteiger partial charge in [-0.15, -0.1) is 10.2 Å². The summed E-state index contributed by atoms with van der Waals surface area (Å²) >= 11 is 13.7. The molecule has 1 amide bonds. The summed E-state index contributed by atoms with van der Waals surface area (Å²) in [5.41, 5.74) is 2.57. The predicted molar refractivity (Wildman–Crippen MR) is 121 cm³/mol. The summed E-state index contributed by atoms with van der Waals surface area (Å²) in [7, 11) is 0. The number of halogens is 2. The van der Waals surface area contributed by atoms with Crippen molar-refractivity contribution in [1.29, 1.82) is 0 Å². The van der Waals surface area contributed by atoms with Crippen molar-refractivity contribution in [2.45, 2.75) is 25.9 Å². The van der Waals surface area contributed by atoms with Crippen molar-refractivity contribution in [3.8, 4) is 11.5 Å². The molecule has 0 unspecified atom stereocenters. The number of benzene rings is 1. The molecule has 3 aromatic heterocycles. The number of hydrogen-bond acceptors (Lipinski definition) is 6. The summed E-state index contributed by atoms with van der Waals surface area (Å²) in [6, 6.07) is 12.9. The van der Waals surface area contributed by atoms with Gasteiger partial charge in [0.25, 0.3) is 0 Å². The van der Waals surface area contributed by atoms with E-state index in [2.05, 4.69) is 15.2 Å². The first-order valence-electron chi connectivity index (χ1n) is 9.55. The summed E-state index contributed by atoms with van der Waals surface area (Å²) in [6.45, 7) is 0.764. The molecule has 0 aliphatic heterocycles. The van der Waals surface area contributed by atoms with Gasteiger partial charge in [-0.25, -0.2) is 0 Å². The second-order valence-corrected chi connectivity index (χ2v) is 8.43. The average Bonchev–Trinajstić information content (AvgIpc) is 3.47. The van der Waals surface area contributed by atoms with E-state index in [0.717, 1.165) is 16.8 Å². The molecule has 0 atom stereocenters. The third-order valence-corrected chi connectivity index (χ3v) is 6.00. The van der Waals surface area contributed by atoms with E-state index in [9.17, 15) is 4.79 Å². The van der Waals surface area contributed by atoms with Gasteiger partial charge in [0.1, 0.15) is 0 Å². The van der Waals surface area contributed by atoms with E-state index in [1.165, 1.54) is 0 Å². The molecule has 0 radical (unpaired) electrons. The highest BCUT2D eigenvalue weighted by Crippen LogP contribution is 2.24. The summed E-state index contributed by atoms with van der Waals surface area (Å²) < 4.78 is 5.69. The Morgan fingerprint density at radius 1 is 1.06 bits per heavy atom. The molecule has 0 saturated heterocycles. The van der Waals surface area contributed by atoms with Crippen LogP contribution < -0.4 is 0 Å². The van der Waals surface area contributed by atoms with Crippen molar-refractivity contribution in [3.63, 3.8) is 0 Å². The van der Waals surface area contributed by atoms with Gasteiger partial charge in [0.05, 0.1) is 22.3 Å². The van der Waals surface area contributed by atoms with Crippen LogP contribution in [0.5, 0.6) is 0 Å². The van der Waals surface area contributed by atoms with Crippen molar-refractivity contribution >= 4 is 40.4 Å². The number of pyridine rings is 1. The second kappa shape index (κ2) is 10.0. The fourth-order valence-corrected chi connectivity index (χ4v) is 3.96.